The molecule has 0 spiro atoms. The normalized spacial score (nSPS) is 8.17. The summed E-state index contributed by atoms with van der Waals surface area (Å²) in [6.07, 6.45) is 2.49. The van der Waals surface area contributed by atoms with Gasteiger partial charge in [0.15, 0.2) is 0 Å². The smallest absolute Gasteiger partial charge is 0.278 e. The third kappa shape index (κ3) is 1.56. The summed E-state index contributed by atoms with van der Waals surface area (Å²) < 4.78 is 1.38. The van der Waals surface area contributed by atoms with E-state index in [-0.39, 0.29) is 13.4 Å². The average Bonchev–Trinajstić information content (AvgIpc) is 2.14. The summed E-state index contributed by atoms with van der Waals surface area (Å²) >= 11 is 0. The molecule has 12 heavy (non-hydrogen) atoms. The summed E-state index contributed by atoms with van der Waals surface area (Å²) in [5.41, 5.74) is 0.659. The molecule has 6 heteroatoms. The molecule has 0 amide bonds. The Bertz CT molecular complexity index is 272. The summed E-state index contributed by atoms with van der Waals surface area (Å²) in [6.45, 7) is 1.71. The van der Waals surface area contributed by atoms with Crippen molar-refractivity contribution in [2.45, 2.75) is 6.92 Å². The second-order valence-electron chi connectivity index (χ2n) is 1.93. The van der Waals surface area contributed by atoms with E-state index < -0.39 is 4.92 Å². The molecule has 0 radical (unpaired) electrons. The van der Waals surface area contributed by atoms with Crippen molar-refractivity contribution in [1.82, 2.24) is 9.55 Å². The molecule has 0 aliphatic carbocycles. The van der Waals surface area contributed by atoms with Gasteiger partial charge in [0.05, 0.1) is 0 Å². The van der Waals surface area contributed by atoms with Gasteiger partial charge in [-0.3, -0.25) is 4.98 Å². The minimum atomic E-state index is -0.538. The van der Waals surface area contributed by atoms with E-state index in [0.717, 1.165) is 0 Å². The molecule has 0 N–H and O–H groups in total. The van der Waals surface area contributed by atoms with Crippen molar-refractivity contribution in [3.8, 4) is 0 Å². The maximum Gasteiger partial charge on any atom is 0.278 e. The Morgan fingerprint density at radius 2 is 2.17 bits per heavy atom. The zero-order valence-corrected chi connectivity index (χ0v) is 13.8. The number of hydrogen-bond acceptors (Lipinski definition) is 3. The van der Waals surface area contributed by atoms with Crippen LogP contribution in [-0.2, 0) is 7.05 Å². The van der Waals surface area contributed by atoms with Gasteiger partial charge >= 0.3 is 0 Å². The van der Waals surface area contributed by atoms with Gasteiger partial charge in [-0.1, -0.05) is 0 Å². The second-order valence-corrected chi connectivity index (χ2v) is 1.93. The fraction of sp³-hybridized carbons (Fsp3) is 0.333. The predicted molar refractivity (Wildman–Crippen MR) is 39.8 cm³/mol. The van der Waals surface area contributed by atoms with Crippen molar-refractivity contribution in [3.63, 3.8) is 0 Å². The molecule has 0 aliphatic rings. The van der Waals surface area contributed by atoms with Crippen LogP contribution in [0.3, 0.4) is 0 Å². The first-order valence-electron chi connectivity index (χ1n) is 2.68. The molecular weight excluding hydrogens is 413 g/mol. The zero-order valence-electron chi connectivity index (χ0n) is 7.37. The first-order chi connectivity index (χ1) is 4.63. The maximum atomic E-state index is 10.1. The predicted octanol–water partition coefficient (Wildman–Crippen LogP) is 0.887. The molecule has 1 aromatic rings. The van der Waals surface area contributed by atoms with Crippen LogP contribution < -0.4 is 0 Å². The van der Waals surface area contributed by atoms with Crippen LogP contribution in [0, 0.1) is 30.7 Å². The Labute approximate surface area is 64.8 Å². The van der Waals surface area contributed by atoms with Gasteiger partial charge in [0.1, 0.15) is 0 Å². The molecule has 1 rings (SSSR count). The Morgan fingerprint density at radius 1 is 1.67 bits per heavy atom. The van der Waals surface area contributed by atoms with Crippen molar-refractivity contribution in [2.24, 2.45) is 7.05 Å². The van der Waals surface area contributed by atoms with Crippen LogP contribution in [0.15, 0.2) is 0 Å². The summed E-state index contributed by atoms with van der Waals surface area (Å²) in [5.74, 6) is -0.169. The van der Waals surface area contributed by atoms with Crippen LogP contribution in [0.5, 0.6) is 0 Å². The molecule has 1 heterocycles. The van der Waals surface area contributed by atoms with Crippen molar-refractivity contribution in [2.75, 3.05) is 0 Å². The summed E-state index contributed by atoms with van der Waals surface area (Å²) in [5, 5.41) is 10.1. The van der Waals surface area contributed by atoms with Gasteiger partial charge in [0.25, 0.3) is 5.95 Å². The van der Waals surface area contributed by atoms with Crippen molar-refractivity contribution >= 4 is 5.95 Å². The van der Waals surface area contributed by atoms with Gasteiger partial charge in [0.2, 0.25) is 0 Å². The number of aromatic nitrogens is 2. The van der Waals surface area contributed by atoms with E-state index in [1.807, 2.05) is 0 Å². The van der Waals surface area contributed by atoms with Crippen molar-refractivity contribution in [1.29, 1.82) is 0 Å². The van der Waals surface area contributed by atoms with Crippen molar-refractivity contribution < 1.29 is 4.92 Å². The molecule has 64 valence electrons. The molecule has 1 aromatic heterocycles. The van der Waals surface area contributed by atoms with Crippen LogP contribution in [-0.4, -0.2) is 14.5 Å². The van der Waals surface area contributed by atoms with Gasteiger partial charge in [-0.25, -0.2) is 0 Å². The van der Waals surface area contributed by atoms with E-state index in [4.69, 9.17) is 0 Å². The van der Waals surface area contributed by atoms with E-state index in [2.05, 4.69) is 11.2 Å². The molecular formula is C6H9N3O2Rf-2. The molecule has 0 aliphatic heterocycles. The van der Waals surface area contributed by atoms with Crippen molar-refractivity contribution in [3.05, 3.63) is 29.4 Å². The first-order valence-corrected chi connectivity index (χ1v) is 2.68. The molecule has 0 fully saturated rings. The van der Waals surface area contributed by atoms with Crippen LogP contribution in [0.25, 0.3) is 0 Å². The molecule has 0 aromatic carbocycles. The monoisotopic (exact) mass is 422 g/mol. The standard InChI is InChI=1S/C5H6N3O2.CH3.Rf/c1-4-3-6-5(7(4)2)8(9)10;;/h1-2H3;1H3;/q2*-1;. The van der Waals surface area contributed by atoms with Crippen LogP contribution in [0.4, 0.5) is 5.95 Å². The van der Waals surface area contributed by atoms with Crippen LogP contribution in [0.2, 0.25) is 0 Å². The number of imidazole rings is 1. The Morgan fingerprint density at radius 3 is 2.33 bits per heavy atom. The zero-order chi connectivity index (χ0) is 7.72. The molecule has 0 bridgehead atoms. The SMILES string of the molecule is Cc1[c-]nc([N+](=O)[O-])n1C.[CH3-].[Rf]. The topological polar surface area (TPSA) is 61.0 Å². The fourth-order valence-corrected chi connectivity index (χ4v) is 0.594. The van der Waals surface area contributed by atoms with Crippen LogP contribution >= 0.6 is 0 Å². The quantitative estimate of drug-likeness (QED) is 0.384. The molecule has 0 saturated heterocycles. The van der Waals surface area contributed by atoms with E-state index >= 15 is 0 Å². The van der Waals surface area contributed by atoms with E-state index in [9.17, 15) is 10.1 Å². The summed E-state index contributed by atoms with van der Waals surface area (Å²) in [7, 11) is 1.58. The number of hydrogen-bond donors (Lipinski definition) is 0. The minimum absolute atomic E-state index is 0. The Kier molecular flexibility index (Phi) is 3.79. The third-order valence-corrected chi connectivity index (χ3v) is 1.28. The van der Waals surface area contributed by atoms with Crippen LogP contribution in [0.1, 0.15) is 5.69 Å². The number of rotatable bonds is 1. The average molecular weight is 422 g/mol. The van der Waals surface area contributed by atoms with E-state index in [1.54, 1.807) is 14.0 Å². The Balaban J connectivity index is 0. The van der Waals surface area contributed by atoms with E-state index in [1.165, 1.54) is 4.57 Å². The molecule has 0 saturated carbocycles. The number of nitro groups is 1. The van der Waals surface area contributed by atoms with E-state index in [0.29, 0.717) is 5.69 Å². The maximum absolute atomic E-state index is 10.1. The van der Waals surface area contributed by atoms with Gasteiger partial charge in [-0.2, -0.15) is 0 Å². The molecule has 0 unspecified atom stereocenters. The minimum Gasteiger partial charge on any atom is -0.408 e. The first kappa shape index (κ1) is 12.3. The molecule has 0 atom stereocenters. The largest absolute Gasteiger partial charge is 0.408 e. The fourth-order valence-electron chi connectivity index (χ4n) is 0.594. The molecule has 5 nitrogen and oxygen atoms in total. The van der Waals surface area contributed by atoms with Gasteiger partial charge < -0.3 is 22.1 Å². The Hall–Kier alpha value is -2.39. The number of nitrogens with zero attached hydrogens (tertiary/aromatic N) is 3. The number of aryl methyl sites for hydroxylation is 1. The summed E-state index contributed by atoms with van der Waals surface area (Å²) in [6, 6.07) is 0. The van der Waals surface area contributed by atoms with Gasteiger partial charge in [0, 0.05) is 12.7 Å². The summed E-state index contributed by atoms with van der Waals surface area (Å²) in [4.78, 5) is 13.1. The van der Waals surface area contributed by atoms with Gasteiger partial charge in [-0.15, -0.1) is 4.92 Å². The third-order valence-electron chi connectivity index (χ3n) is 1.28. The second kappa shape index (κ2) is 3.70. The van der Waals surface area contributed by atoms with Gasteiger partial charge in [-0.05, 0) is 13.1 Å².